The Morgan fingerprint density at radius 1 is 1.00 bits per heavy atom. The van der Waals surface area contributed by atoms with Gasteiger partial charge in [-0.05, 0) is 0 Å². The predicted molar refractivity (Wildman–Crippen MR) is 31.2 cm³/mol. The summed E-state index contributed by atoms with van der Waals surface area (Å²) < 4.78 is 0. The van der Waals surface area contributed by atoms with Crippen molar-refractivity contribution in [3.05, 3.63) is 0 Å². The molecule has 0 heterocycles. The number of hydrogen-bond donors (Lipinski definition) is 4. The first kappa shape index (κ1) is 11.4. The quantitative estimate of drug-likeness (QED) is 0.280. The summed E-state index contributed by atoms with van der Waals surface area (Å²) in [4.78, 5) is 29.3. The fourth-order valence-electron chi connectivity index (χ4n) is 0. The van der Waals surface area contributed by atoms with Gasteiger partial charge < -0.3 is 19.2 Å². The molecule has 4 N–H and O–H groups in total. The second-order valence-corrected chi connectivity index (χ2v) is 2.71. The number of alkyl halides is 2. The molecule has 0 fully saturated rings. The molecule has 0 radical (unpaired) electrons. The molecule has 0 aromatic heterocycles. The minimum atomic E-state index is -4.61. The Morgan fingerprint density at radius 2 is 1.00 bits per heavy atom. The zero-order valence-corrected chi connectivity index (χ0v) is 6.26. The number of rotatable bonds is 0. The molecule has 0 saturated heterocycles. The van der Waals surface area contributed by atoms with E-state index in [9.17, 15) is 0 Å². The Kier molecular flexibility index (Phi) is 8.24. The summed E-state index contributed by atoms with van der Waals surface area (Å²) in [6.07, 6.45) is 0. The van der Waals surface area contributed by atoms with E-state index in [0.29, 0.717) is 0 Å². The van der Waals surface area contributed by atoms with Crippen LogP contribution >= 0.6 is 23.2 Å². The maximum atomic E-state index is 7.33. The summed E-state index contributed by atoms with van der Waals surface area (Å²) >= 11 is 9.53. The van der Waals surface area contributed by atoms with Crippen molar-refractivity contribution in [1.82, 2.24) is 0 Å². The van der Waals surface area contributed by atoms with E-state index in [2.05, 4.69) is 0 Å². The fraction of sp³-hybridized carbons (Fsp3) is 1.00. The molecule has 52 valence electrons. The van der Waals surface area contributed by atoms with Crippen LogP contribution in [0.15, 0.2) is 0 Å². The van der Waals surface area contributed by atoms with Gasteiger partial charge in [0, 0.05) is 0 Å². The normalized spacial score (nSPS) is 9.75. The first-order valence-electron chi connectivity index (χ1n) is 1.43. The van der Waals surface area contributed by atoms with E-state index in [1.807, 2.05) is 0 Å². The van der Waals surface area contributed by atoms with E-state index in [4.69, 9.17) is 42.4 Å². The molecule has 0 aliphatic heterocycles. The maximum Gasteiger partial charge on any atom is 0.668 e. The summed E-state index contributed by atoms with van der Waals surface area (Å²) in [5.74, 6) is 0. The van der Waals surface area contributed by atoms with Crippen LogP contribution in [0.3, 0.4) is 0 Å². The van der Waals surface area contributed by atoms with Crippen molar-refractivity contribution >= 4 is 32.2 Å². The molecule has 0 rings (SSSR count). The second-order valence-electron chi connectivity index (χ2n) is 0.701. The Labute approximate surface area is 57.4 Å². The molecule has 0 aliphatic carbocycles. The molecule has 7 heteroatoms. The molecule has 0 bridgehead atoms. The van der Waals surface area contributed by atoms with E-state index in [1.165, 1.54) is 0 Å². The van der Waals surface area contributed by atoms with Crippen LogP contribution in [0, 0.1) is 0 Å². The summed E-state index contributed by atoms with van der Waals surface area (Å²) in [5.41, 5.74) is 0. The third kappa shape index (κ3) is 520. The zero-order valence-electron chi connectivity index (χ0n) is 3.75. The maximum absolute atomic E-state index is 7.33. The van der Waals surface area contributed by atoms with Gasteiger partial charge in [-0.2, -0.15) is 0 Å². The van der Waals surface area contributed by atoms with Crippen molar-refractivity contribution in [1.29, 1.82) is 0 Å². The van der Waals surface area contributed by atoms with Gasteiger partial charge in [-0.3, -0.25) is 0 Å². The highest BCUT2D eigenvalue weighted by molar-refractivity contribution is 6.46. The molecule has 0 amide bonds. The van der Waals surface area contributed by atoms with Crippen LogP contribution in [0.2, 0.25) is 0 Å². The van der Waals surface area contributed by atoms with Gasteiger partial charge in [0.05, 0.1) is 5.34 Å². The van der Waals surface area contributed by atoms with Crippen LogP contribution in [-0.2, 0) is 0 Å². The van der Waals surface area contributed by atoms with Gasteiger partial charge in [-0.25, -0.2) is 0 Å². The molecular formula is CH6Cl2O4Si. The Bertz CT molecular complexity index is 37.8. The van der Waals surface area contributed by atoms with E-state index in [0.717, 1.165) is 0 Å². The number of halogens is 2. The van der Waals surface area contributed by atoms with Crippen molar-refractivity contribution in [2.45, 2.75) is 0 Å². The standard InChI is InChI=1S/CH2Cl2.H4O4Si/c2-1-3;1-5(2,3)4/h1H2;1-4H. The van der Waals surface area contributed by atoms with E-state index >= 15 is 0 Å². The highest BCUT2D eigenvalue weighted by Crippen LogP contribution is 1.73. The van der Waals surface area contributed by atoms with E-state index in [-0.39, 0.29) is 5.34 Å². The van der Waals surface area contributed by atoms with Gasteiger partial charge >= 0.3 is 9.05 Å². The van der Waals surface area contributed by atoms with Crippen LogP contribution in [0.4, 0.5) is 0 Å². The highest BCUT2D eigenvalue weighted by atomic mass is 35.5. The molecule has 0 aromatic carbocycles. The van der Waals surface area contributed by atoms with E-state index in [1.54, 1.807) is 0 Å². The minimum Gasteiger partial charge on any atom is -0.368 e. The molecule has 0 unspecified atom stereocenters. The van der Waals surface area contributed by atoms with Gasteiger partial charge in [0.25, 0.3) is 0 Å². The van der Waals surface area contributed by atoms with E-state index < -0.39 is 9.05 Å². The van der Waals surface area contributed by atoms with Gasteiger partial charge in [0.15, 0.2) is 0 Å². The summed E-state index contributed by atoms with van der Waals surface area (Å²) in [6.45, 7) is 0. The van der Waals surface area contributed by atoms with Gasteiger partial charge in [-0.15, -0.1) is 23.2 Å². The zero-order chi connectivity index (χ0) is 7.21. The largest absolute Gasteiger partial charge is 0.668 e. The topological polar surface area (TPSA) is 80.9 Å². The van der Waals surface area contributed by atoms with Crippen molar-refractivity contribution < 1.29 is 19.2 Å². The lowest BCUT2D eigenvalue weighted by Crippen LogP contribution is -2.33. The van der Waals surface area contributed by atoms with Gasteiger partial charge in [-0.1, -0.05) is 0 Å². The average Bonchev–Trinajstić information content (AvgIpc) is 1.27. The second kappa shape index (κ2) is 5.77. The first-order valence-corrected chi connectivity index (χ1v) is 4.29. The van der Waals surface area contributed by atoms with Crippen LogP contribution in [0.25, 0.3) is 0 Å². The van der Waals surface area contributed by atoms with Crippen LogP contribution in [0.5, 0.6) is 0 Å². The summed E-state index contributed by atoms with van der Waals surface area (Å²) in [5, 5.41) is 0.194. The summed E-state index contributed by atoms with van der Waals surface area (Å²) in [7, 11) is -4.61. The van der Waals surface area contributed by atoms with Crippen LogP contribution in [-0.4, -0.2) is 33.6 Å². The average molecular weight is 181 g/mol. The lowest BCUT2D eigenvalue weighted by atomic mass is 11.9. The Morgan fingerprint density at radius 3 is 1.00 bits per heavy atom. The van der Waals surface area contributed by atoms with Crippen molar-refractivity contribution in [2.24, 2.45) is 0 Å². The van der Waals surface area contributed by atoms with Crippen LogP contribution < -0.4 is 0 Å². The van der Waals surface area contributed by atoms with Crippen LogP contribution in [0.1, 0.15) is 0 Å². The Balaban J connectivity index is 0. The molecule has 0 aromatic rings. The van der Waals surface area contributed by atoms with Crippen molar-refractivity contribution in [2.75, 3.05) is 5.34 Å². The molecular weight excluding hydrogens is 175 g/mol. The Hall–Kier alpha value is 0.637. The SMILES string of the molecule is ClCCl.O[Si](O)(O)O. The number of hydrogen-bond acceptors (Lipinski definition) is 4. The molecule has 8 heavy (non-hydrogen) atoms. The monoisotopic (exact) mass is 180 g/mol. The lowest BCUT2D eigenvalue weighted by Gasteiger charge is -1.91. The van der Waals surface area contributed by atoms with Crippen molar-refractivity contribution in [3.63, 3.8) is 0 Å². The first-order chi connectivity index (χ1) is 3.41. The van der Waals surface area contributed by atoms with Gasteiger partial charge in [0.2, 0.25) is 0 Å². The summed E-state index contributed by atoms with van der Waals surface area (Å²) in [6, 6.07) is 0. The molecule has 4 nitrogen and oxygen atoms in total. The lowest BCUT2D eigenvalue weighted by molar-refractivity contribution is 0.117. The highest BCUT2D eigenvalue weighted by Gasteiger charge is 2.22. The third-order valence-electron chi connectivity index (χ3n) is 0. The molecule has 0 spiro atoms. The molecule has 0 atom stereocenters. The molecule has 0 saturated carbocycles. The molecule has 0 aliphatic rings. The predicted octanol–water partition coefficient (Wildman–Crippen LogP) is -1.19. The third-order valence-corrected chi connectivity index (χ3v) is 0. The van der Waals surface area contributed by atoms with Crippen molar-refractivity contribution in [3.8, 4) is 0 Å². The fourth-order valence-corrected chi connectivity index (χ4v) is 0. The smallest absolute Gasteiger partial charge is 0.368 e. The minimum absolute atomic E-state index is 0.194. The van der Waals surface area contributed by atoms with Gasteiger partial charge in [0.1, 0.15) is 0 Å².